The van der Waals surface area contributed by atoms with Crippen molar-refractivity contribution in [2.45, 2.75) is 38.5 Å². The van der Waals surface area contributed by atoms with Crippen LogP contribution in [0.5, 0.6) is 17.2 Å². The van der Waals surface area contributed by atoms with Crippen LogP contribution in [0.4, 0.5) is 16.6 Å². The number of carbonyl (C=O) groups excluding carboxylic acids is 1. The molecular formula is C24H31N5O4. The number of fused-ring (bicyclic) bond motifs is 1. The maximum Gasteiger partial charge on any atom is 0.419 e. The fourth-order valence-electron chi connectivity index (χ4n) is 3.55. The van der Waals surface area contributed by atoms with Gasteiger partial charge in [0.05, 0.1) is 19.7 Å². The number of amides is 1. The van der Waals surface area contributed by atoms with Crippen LogP contribution >= 0.6 is 0 Å². The molecule has 0 saturated carbocycles. The van der Waals surface area contributed by atoms with Gasteiger partial charge in [-0.2, -0.15) is 4.98 Å². The number of nitrogens with one attached hydrogen (secondary N) is 1. The van der Waals surface area contributed by atoms with Crippen LogP contribution in [0.1, 0.15) is 37.7 Å². The van der Waals surface area contributed by atoms with Crippen LogP contribution in [0.25, 0.3) is 10.9 Å². The molecule has 0 aliphatic rings. The molecule has 3 aromatic rings. The lowest BCUT2D eigenvalue weighted by molar-refractivity contribution is 0.214. The minimum Gasteiger partial charge on any atom is -0.493 e. The summed E-state index contributed by atoms with van der Waals surface area (Å²) in [5.41, 5.74) is 13.1. The van der Waals surface area contributed by atoms with Gasteiger partial charge in [0.25, 0.3) is 0 Å². The molecule has 0 aliphatic carbocycles. The van der Waals surface area contributed by atoms with Crippen LogP contribution < -0.4 is 31.0 Å². The Morgan fingerprint density at radius 2 is 1.64 bits per heavy atom. The smallest absolute Gasteiger partial charge is 0.419 e. The molecule has 9 heteroatoms. The summed E-state index contributed by atoms with van der Waals surface area (Å²) in [4.78, 5) is 21.1. The summed E-state index contributed by atoms with van der Waals surface area (Å²) in [6, 6.07) is 10.9. The highest BCUT2D eigenvalue weighted by Crippen LogP contribution is 2.33. The molecule has 0 aliphatic heterocycles. The lowest BCUT2D eigenvalue weighted by Gasteiger charge is -2.12. The van der Waals surface area contributed by atoms with E-state index in [0.29, 0.717) is 28.2 Å². The van der Waals surface area contributed by atoms with Crippen molar-refractivity contribution in [3.05, 3.63) is 42.0 Å². The standard InChI is InChI=1S/C24H31N5O4/c1-31-20-14-17-18(15-21(20)32-2)27-23(28-22(17)26)29-24(30)33-19-12-8-7-11-16(19)10-6-4-3-5-9-13-25/h7-8,11-12,14-15H,3-6,9-10,13,25H2,1-2H3,(H3,26,27,28,29,30). The molecular weight excluding hydrogens is 422 g/mol. The number of hydrogen-bond acceptors (Lipinski definition) is 8. The second-order valence-electron chi connectivity index (χ2n) is 7.59. The van der Waals surface area contributed by atoms with E-state index < -0.39 is 6.09 Å². The first kappa shape index (κ1) is 24.1. The first-order valence-corrected chi connectivity index (χ1v) is 11.0. The fraction of sp³-hybridized carbons (Fsp3) is 0.375. The van der Waals surface area contributed by atoms with Gasteiger partial charge in [-0.15, -0.1) is 0 Å². The van der Waals surface area contributed by atoms with Crippen molar-refractivity contribution in [2.75, 3.05) is 31.8 Å². The molecule has 0 fully saturated rings. The van der Waals surface area contributed by atoms with E-state index in [1.165, 1.54) is 14.2 Å². The predicted molar refractivity (Wildman–Crippen MR) is 129 cm³/mol. The quantitative estimate of drug-likeness (QED) is 0.366. The van der Waals surface area contributed by atoms with E-state index in [1.54, 1.807) is 18.2 Å². The Hall–Kier alpha value is -3.59. The fourth-order valence-corrected chi connectivity index (χ4v) is 3.55. The lowest BCUT2D eigenvalue weighted by atomic mass is 10.0. The number of nitrogen functional groups attached to an aromatic ring is 1. The monoisotopic (exact) mass is 453 g/mol. The average molecular weight is 454 g/mol. The number of nitrogens with two attached hydrogens (primary N) is 2. The molecule has 0 unspecified atom stereocenters. The molecule has 0 spiro atoms. The number of aromatic nitrogens is 2. The highest BCUT2D eigenvalue weighted by atomic mass is 16.6. The number of hydrogen-bond donors (Lipinski definition) is 3. The Morgan fingerprint density at radius 1 is 0.939 bits per heavy atom. The number of aryl methyl sites for hydroxylation is 1. The molecule has 3 rings (SSSR count). The predicted octanol–water partition coefficient (Wildman–Crippen LogP) is 4.29. The number of benzene rings is 2. The Labute approximate surface area is 193 Å². The zero-order valence-electron chi connectivity index (χ0n) is 19.1. The highest BCUT2D eigenvalue weighted by Gasteiger charge is 2.15. The molecule has 5 N–H and O–H groups in total. The molecule has 1 aromatic heterocycles. The molecule has 1 heterocycles. The average Bonchev–Trinajstić information content (AvgIpc) is 2.81. The summed E-state index contributed by atoms with van der Waals surface area (Å²) < 4.78 is 16.2. The number of nitrogens with zero attached hydrogens (tertiary/aromatic N) is 2. The first-order chi connectivity index (χ1) is 16.0. The van der Waals surface area contributed by atoms with Crippen LogP contribution in [0, 0.1) is 0 Å². The van der Waals surface area contributed by atoms with Crippen LogP contribution in [-0.4, -0.2) is 36.8 Å². The minimum absolute atomic E-state index is 0.0367. The van der Waals surface area contributed by atoms with Crippen LogP contribution in [-0.2, 0) is 6.42 Å². The van der Waals surface area contributed by atoms with Gasteiger partial charge < -0.3 is 25.7 Å². The SMILES string of the molecule is COc1cc2nc(NC(=O)Oc3ccccc3CCCCCCCN)nc(N)c2cc1OC. The molecule has 33 heavy (non-hydrogen) atoms. The summed E-state index contributed by atoms with van der Waals surface area (Å²) in [5, 5.41) is 3.15. The first-order valence-electron chi connectivity index (χ1n) is 11.0. The van der Waals surface area contributed by atoms with E-state index in [0.717, 1.165) is 50.6 Å². The van der Waals surface area contributed by atoms with Gasteiger partial charge in [0.15, 0.2) is 11.5 Å². The van der Waals surface area contributed by atoms with E-state index in [4.69, 9.17) is 25.7 Å². The van der Waals surface area contributed by atoms with Crippen LogP contribution in [0.3, 0.4) is 0 Å². The van der Waals surface area contributed by atoms with Crippen molar-refractivity contribution in [1.29, 1.82) is 0 Å². The van der Waals surface area contributed by atoms with Crippen molar-refractivity contribution in [3.63, 3.8) is 0 Å². The number of ether oxygens (including phenoxy) is 3. The van der Waals surface area contributed by atoms with E-state index in [9.17, 15) is 4.79 Å². The van der Waals surface area contributed by atoms with E-state index in [-0.39, 0.29) is 11.8 Å². The molecule has 9 nitrogen and oxygen atoms in total. The largest absolute Gasteiger partial charge is 0.493 e. The Bertz CT molecular complexity index is 1090. The van der Waals surface area contributed by atoms with E-state index in [2.05, 4.69) is 15.3 Å². The molecule has 176 valence electrons. The molecule has 0 saturated heterocycles. The van der Waals surface area contributed by atoms with Gasteiger partial charge >= 0.3 is 6.09 Å². The Balaban J connectivity index is 1.67. The second-order valence-corrected chi connectivity index (χ2v) is 7.59. The summed E-state index contributed by atoms with van der Waals surface area (Å²) in [6.07, 6.45) is 5.61. The molecule has 0 bridgehead atoms. The Kier molecular flexibility index (Phi) is 8.65. The third kappa shape index (κ3) is 6.45. The lowest BCUT2D eigenvalue weighted by Crippen LogP contribution is -2.19. The van der Waals surface area contributed by atoms with Gasteiger partial charge in [-0.3, -0.25) is 5.32 Å². The third-order valence-corrected chi connectivity index (χ3v) is 5.27. The van der Waals surface area contributed by atoms with Gasteiger partial charge in [0.1, 0.15) is 11.6 Å². The van der Waals surface area contributed by atoms with Crippen molar-refractivity contribution in [2.24, 2.45) is 5.73 Å². The minimum atomic E-state index is -0.690. The van der Waals surface area contributed by atoms with Gasteiger partial charge in [-0.05, 0) is 43.5 Å². The molecule has 0 atom stereocenters. The van der Waals surface area contributed by atoms with Gasteiger partial charge in [0.2, 0.25) is 5.95 Å². The topological polar surface area (TPSA) is 135 Å². The van der Waals surface area contributed by atoms with Gasteiger partial charge in [-0.25, -0.2) is 9.78 Å². The summed E-state index contributed by atoms with van der Waals surface area (Å²) in [5.74, 6) is 1.75. The molecule has 0 radical (unpaired) electrons. The number of para-hydroxylation sites is 1. The number of rotatable bonds is 11. The molecule has 2 aromatic carbocycles. The summed E-state index contributed by atoms with van der Waals surface area (Å²) in [6.45, 7) is 0.736. The van der Waals surface area contributed by atoms with Crippen LogP contribution in [0.2, 0.25) is 0 Å². The van der Waals surface area contributed by atoms with Crippen molar-refractivity contribution in [1.82, 2.24) is 9.97 Å². The number of anilines is 2. The maximum atomic E-state index is 12.5. The van der Waals surface area contributed by atoms with Crippen molar-refractivity contribution in [3.8, 4) is 17.2 Å². The number of methoxy groups -OCH3 is 2. The zero-order chi connectivity index (χ0) is 23.6. The van der Waals surface area contributed by atoms with E-state index in [1.807, 2.05) is 18.2 Å². The summed E-state index contributed by atoms with van der Waals surface area (Å²) in [7, 11) is 3.06. The summed E-state index contributed by atoms with van der Waals surface area (Å²) >= 11 is 0. The third-order valence-electron chi connectivity index (χ3n) is 5.27. The maximum absolute atomic E-state index is 12.5. The van der Waals surface area contributed by atoms with Crippen molar-refractivity contribution < 1.29 is 19.0 Å². The normalized spacial score (nSPS) is 10.8. The highest BCUT2D eigenvalue weighted by molar-refractivity contribution is 5.93. The van der Waals surface area contributed by atoms with Crippen molar-refractivity contribution >= 4 is 28.8 Å². The zero-order valence-corrected chi connectivity index (χ0v) is 19.1. The number of unbranched alkanes of at least 4 members (excludes halogenated alkanes) is 4. The van der Waals surface area contributed by atoms with Gasteiger partial charge in [0, 0.05) is 11.5 Å². The number of carbonyl (C=O) groups is 1. The van der Waals surface area contributed by atoms with Crippen LogP contribution in [0.15, 0.2) is 36.4 Å². The Morgan fingerprint density at radius 3 is 2.39 bits per heavy atom. The second kappa shape index (κ2) is 11.9. The van der Waals surface area contributed by atoms with E-state index >= 15 is 0 Å². The van der Waals surface area contributed by atoms with Gasteiger partial charge in [-0.1, -0.05) is 37.5 Å². The molecule has 1 amide bonds.